The second-order valence-corrected chi connectivity index (χ2v) is 5.11. The van der Waals surface area contributed by atoms with Crippen LogP contribution in [0.5, 0.6) is 0 Å². The van der Waals surface area contributed by atoms with Gasteiger partial charge >= 0.3 is 0 Å². The van der Waals surface area contributed by atoms with Gasteiger partial charge in [-0.25, -0.2) is 0 Å². The van der Waals surface area contributed by atoms with Crippen molar-refractivity contribution < 1.29 is 4.79 Å². The Morgan fingerprint density at radius 1 is 1.33 bits per heavy atom. The molecule has 1 aromatic carbocycles. The molecule has 0 saturated heterocycles. The van der Waals surface area contributed by atoms with Gasteiger partial charge in [-0.15, -0.1) is 0 Å². The molecular formula is C14H20N2OS. The van der Waals surface area contributed by atoms with Gasteiger partial charge in [0.15, 0.2) is 0 Å². The Labute approximate surface area is 114 Å². The molecule has 0 unspecified atom stereocenters. The van der Waals surface area contributed by atoms with Crippen LogP contribution in [0.2, 0.25) is 0 Å². The molecule has 1 aromatic rings. The highest BCUT2D eigenvalue weighted by Gasteiger charge is 2.22. The van der Waals surface area contributed by atoms with Crippen LogP contribution in [0.1, 0.15) is 49.5 Å². The van der Waals surface area contributed by atoms with Crippen molar-refractivity contribution in [3.63, 3.8) is 0 Å². The molecule has 0 atom stereocenters. The number of nitrogens with one attached hydrogen (secondary N) is 1. The predicted molar refractivity (Wildman–Crippen MR) is 78.8 cm³/mol. The molecule has 0 bridgehead atoms. The van der Waals surface area contributed by atoms with Crippen molar-refractivity contribution in [2.75, 3.05) is 0 Å². The van der Waals surface area contributed by atoms with E-state index in [4.69, 9.17) is 18.0 Å². The molecule has 0 heterocycles. The Balaban J connectivity index is 2.91. The first kappa shape index (κ1) is 14.6. The Hall–Kier alpha value is -1.42. The van der Waals surface area contributed by atoms with Gasteiger partial charge in [-0.05, 0) is 31.9 Å². The molecule has 0 aliphatic heterocycles. The van der Waals surface area contributed by atoms with Crippen LogP contribution < -0.4 is 11.1 Å². The fourth-order valence-electron chi connectivity index (χ4n) is 1.59. The monoisotopic (exact) mass is 264 g/mol. The van der Waals surface area contributed by atoms with Crippen LogP contribution in [-0.4, -0.2) is 16.4 Å². The van der Waals surface area contributed by atoms with Crippen molar-refractivity contribution in [1.82, 2.24) is 5.32 Å². The maximum atomic E-state index is 12.2. The van der Waals surface area contributed by atoms with E-state index in [1.807, 2.05) is 6.92 Å². The second-order valence-electron chi connectivity index (χ2n) is 4.67. The zero-order valence-corrected chi connectivity index (χ0v) is 11.9. The molecule has 0 fully saturated rings. The van der Waals surface area contributed by atoms with E-state index >= 15 is 0 Å². The van der Waals surface area contributed by atoms with Crippen LogP contribution in [0.25, 0.3) is 0 Å². The molecule has 0 radical (unpaired) electrons. The van der Waals surface area contributed by atoms with E-state index in [0.29, 0.717) is 16.1 Å². The molecule has 3 N–H and O–H groups in total. The van der Waals surface area contributed by atoms with E-state index in [0.717, 1.165) is 12.8 Å². The van der Waals surface area contributed by atoms with Gasteiger partial charge in [-0.3, -0.25) is 4.79 Å². The standard InChI is InChI=1S/C14H20N2OS/c1-4-14(3,5-2)16-13(17)11-8-6-7-10(9-11)12(15)18/h6-9H,4-5H2,1-3H3,(H2,15,18)(H,16,17). The molecule has 0 aromatic heterocycles. The lowest BCUT2D eigenvalue weighted by Crippen LogP contribution is -2.45. The van der Waals surface area contributed by atoms with Crippen LogP contribution in [0.3, 0.4) is 0 Å². The zero-order chi connectivity index (χ0) is 13.8. The van der Waals surface area contributed by atoms with Gasteiger partial charge in [0.25, 0.3) is 5.91 Å². The summed E-state index contributed by atoms with van der Waals surface area (Å²) in [6, 6.07) is 7.09. The average molecular weight is 264 g/mol. The number of amides is 1. The summed E-state index contributed by atoms with van der Waals surface area (Å²) in [4.78, 5) is 12.5. The largest absolute Gasteiger partial charge is 0.389 e. The second kappa shape index (κ2) is 5.96. The highest BCUT2D eigenvalue weighted by Crippen LogP contribution is 2.15. The predicted octanol–water partition coefficient (Wildman–Crippen LogP) is 2.63. The van der Waals surface area contributed by atoms with E-state index in [9.17, 15) is 4.79 Å². The molecule has 0 aliphatic rings. The first-order valence-corrected chi connectivity index (χ1v) is 6.55. The Morgan fingerprint density at radius 2 is 1.89 bits per heavy atom. The molecule has 18 heavy (non-hydrogen) atoms. The van der Waals surface area contributed by atoms with Crippen molar-refractivity contribution in [2.24, 2.45) is 5.73 Å². The number of benzene rings is 1. The number of thiocarbonyl (C=S) groups is 1. The van der Waals surface area contributed by atoms with Crippen LogP contribution >= 0.6 is 12.2 Å². The Morgan fingerprint density at radius 3 is 2.39 bits per heavy atom. The summed E-state index contributed by atoms with van der Waals surface area (Å²) in [7, 11) is 0. The molecule has 4 heteroatoms. The Kier molecular flexibility index (Phi) is 4.84. The minimum Gasteiger partial charge on any atom is -0.389 e. The maximum Gasteiger partial charge on any atom is 0.251 e. The van der Waals surface area contributed by atoms with Crippen LogP contribution in [0.15, 0.2) is 24.3 Å². The number of carbonyl (C=O) groups is 1. The summed E-state index contributed by atoms with van der Waals surface area (Å²) in [5, 5.41) is 3.05. The minimum atomic E-state index is -0.170. The van der Waals surface area contributed by atoms with Crippen molar-refractivity contribution in [1.29, 1.82) is 0 Å². The van der Waals surface area contributed by atoms with Gasteiger partial charge in [-0.1, -0.05) is 38.2 Å². The van der Waals surface area contributed by atoms with E-state index in [2.05, 4.69) is 19.2 Å². The van der Waals surface area contributed by atoms with Crippen molar-refractivity contribution in [3.8, 4) is 0 Å². The van der Waals surface area contributed by atoms with E-state index < -0.39 is 0 Å². The maximum absolute atomic E-state index is 12.2. The van der Waals surface area contributed by atoms with Crippen LogP contribution in [0.4, 0.5) is 0 Å². The number of hydrogen-bond acceptors (Lipinski definition) is 2. The first-order chi connectivity index (χ1) is 8.41. The van der Waals surface area contributed by atoms with Gasteiger partial charge in [-0.2, -0.15) is 0 Å². The third kappa shape index (κ3) is 3.53. The SMILES string of the molecule is CCC(C)(CC)NC(=O)c1cccc(C(N)=S)c1. The molecule has 1 amide bonds. The summed E-state index contributed by atoms with van der Waals surface area (Å²) in [5.74, 6) is -0.0840. The molecule has 0 aliphatic carbocycles. The third-order valence-corrected chi connectivity index (χ3v) is 3.62. The molecule has 1 rings (SSSR count). The quantitative estimate of drug-likeness (QED) is 0.804. The van der Waals surface area contributed by atoms with Gasteiger partial charge in [0.05, 0.1) is 0 Å². The summed E-state index contributed by atoms with van der Waals surface area (Å²) in [6.45, 7) is 6.17. The number of nitrogens with two attached hydrogens (primary N) is 1. The fraction of sp³-hybridized carbons (Fsp3) is 0.429. The summed E-state index contributed by atoms with van der Waals surface area (Å²) < 4.78 is 0. The molecule has 3 nitrogen and oxygen atoms in total. The number of rotatable bonds is 5. The lowest BCUT2D eigenvalue weighted by Gasteiger charge is -2.28. The van der Waals surface area contributed by atoms with Crippen LogP contribution in [0, 0.1) is 0 Å². The van der Waals surface area contributed by atoms with E-state index in [-0.39, 0.29) is 11.4 Å². The Bertz CT molecular complexity index is 453. The molecular weight excluding hydrogens is 244 g/mol. The summed E-state index contributed by atoms with van der Waals surface area (Å²) in [5.41, 5.74) is 6.70. The topological polar surface area (TPSA) is 55.1 Å². The minimum absolute atomic E-state index is 0.0840. The van der Waals surface area contributed by atoms with E-state index in [1.54, 1.807) is 24.3 Å². The smallest absolute Gasteiger partial charge is 0.251 e. The zero-order valence-electron chi connectivity index (χ0n) is 11.1. The lowest BCUT2D eigenvalue weighted by molar-refractivity contribution is 0.0901. The normalized spacial score (nSPS) is 11.1. The molecule has 98 valence electrons. The fourth-order valence-corrected chi connectivity index (χ4v) is 1.71. The van der Waals surface area contributed by atoms with Crippen molar-refractivity contribution >= 4 is 23.1 Å². The first-order valence-electron chi connectivity index (χ1n) is 6.14. The van der Waals surface area contributed by atoms with Gasteiger partial charge < -0.3 is 11.1 Å². The van der Waals surface area contributed by atoms with E-state index in [1.165, 1.54) is 0 Å². The summed E-state index contributed by atoms with van der Waals surface area (Å²) >= 11 is 4.91. The van der Waals surface area contributed by atoms with Crippen molar-refractivity contribution in [2.45, 2.75) is 39.2 Å². The average Bonchev–Trinajstić information content (AvgIpc) is 2.38. The number of carbonyl (C=O) groups excluding carboxylic acids is 1. The number of hydrogen-bond donors (Lipinski definition) is 2. The highest BCUT2D eigenvalue weighted by molar-refractivity contribution is 7.80. The van der Waals surface area contributed by atoms with Crippen LogP contribution in [-0.2, 0) is 0 Å². The molecule has 0 saturated carbocycles. The third-order valence-electron chi connectivity index (χ3n) is 3.39. The molecule has 0 spiro atoms. The van der Waals surface area contributed by atoms with Gasteiger partial charge in [0, 0.05) is 16.7 Å². The summed E-state index contributed by atoms with van der Waals surface area (Å²) in [6.07, 6.45) is 1.79. The van der Waals surface area contributed by atoms with Gasteiger partial charge in [0.2, 0.25) is 0 Å². The lowest BCUT2D eigenvalue weighted by atomic mass is 9.95. The van der Waals surface area contributed by atoms with Crippen molar-refractivity contribution in [3.05, 3.63) is 35.4 Å². The van der Waals surface area contributed by atoms with Gasteiger partial charge in [0.1, 0.15) is 4.99 Å². The highest BCUT2D eigenvalue weighted by atomic mass is 32.1.